The molecule has 0 bridgehead atoms. The third-order valence-corrected chi connectivity index (χ3v) is 5.95. The molecule has 0 aromatic carbocycles. The third-order valence-electron chi connectivity index (χ3n) is 4.98. The Balaban J connectivity index is 0.00000320. The SMILES string of the molecule is CCNC(=NCC(C)(O)c1ccc(C)o1)NCC(c1cccs1)N1CCOCC1.I. The number of nitrogens with zero attached hydrogens (tertiary/aromatic N) is 2. The molecule has 0 radical (unpaired) electrons. The van der Waals surface area contributed by atoms with Crippen LogP contribution in [0.25, 0.3) is 0 Å². The van der Waals surface area contributed by atoms with E-state index >= 15 is 0 Å². The zero-order valence-corrected chi connectivity index (χ0v) is 21.0. The highest BCUT2D eigenvalue weighted by Gasteiger charge is 2.27. The Hall–Kier alpha value is -1.14. The smallest absolute Gasteiger partial charge is 0.191 e. The van der Waals surface area contributed by atoms with Crippen LogP contribution in [0.3, 0.4) is 0 Å². The van der Waals surface area contributed by atoms with E-state index in [-0.39, 0.29) is 36.6 Å². The number of aliphatic hydroxyl groups is 1. The number of hydrogen-bond donors (Lipinski definition) is 3. The summed E-state index contributed by atoms with van der Waals surface area (Å²) in [5.41, 5.74) is -1.16. The highest BCUT2D eigenvalue weighted by Crippen LogP contribution is 2.26. The van der Waals surface area contributed by atoms with Gasteiger partial charge >= 0.3 is 0 Å². The van der Waals surface area contributed by atoms with E-state index in [1.165, 1.54) is 4.88 Å². The summed E-state index contributed by atoms with van der Waals surface area (Å²) in [5.74, 6) is 1.99. The molecule has 3 N–H and O–H groups in total. The van der Waals surface area contributed by atoms with Crippen molar-refractivity contribution >= 4 is 41.3 Å². The minimum absolute atomic E-state index is 0. The van der Waals surface area contributed by atoms with E-state index < -0.39 is 5.60 Å². The van der Waals surface area contributed by atoms with E-state index in [2.05, 4.69) is 38.0 Å². The number of halogens is 1. The van der Waals surface area contributed by atoms with Gasteiger partial charge in [0.15, 0.2) is 5.96 Å². The van der Waals surface area contributed by atoms with Gasteiger partial charge in [-0.2, -0.15) is 0 Å². The quantitative estimate of drug-likeness (QED) is 0.267. The van der Waals surface area contributed by atoms with Crippen molar-refractivity contribution in [3.63, 3.8) is 0 Å². The maximum absolute atomic E-state index is 10.8. The molecule has 7 nitrogen and oxygen atoms in total. The molecule has 0 saturated carbocycles. The van der Waals surface area contributed by atoms with Gasteiger partial charge in [-0.1, -0.05) is 6.07 Å². The fourth-order valence-electron chi connectivity index (χ4n) is 3.35. The Labute approximate surface area is 199 Å². The minimum Gasteiger partial charge on any atom is -0.463 e. The second-order valence-electron chi connectivity index (χ2n) is 7.44. The van der Waals surface area contributed by atoms with Gasteiger partial charge in [-0.15, -0.1) is 35.3 Å². The molecule has 1 aliphatic rings. The van der Waals surface area contributed by atoms with Crippen molar-refractivity contribution in [3.05, 3.63) is 46.0 Å². The number of guanidine groups is 1. The minimum atomic E-state index is -1.16. The van der Waals surface area contributed by atoms with Crippen LogP contribution in [-0.2, 0) is 10.3 Å². The molecular weight excluding hydrogens is 515 g/mol. The molecule has 2 aromatic heterocycles. The lowest BCUT2D eigenvalue weighted by Crippen LogP contribution is -2.46. The van der Waals surface area contributed by atoms with Gasteiger partial charge in [-0.25, -0.2) is 4.99 Å². The number of nitrogens with one attached hydrogen (secondary N) is 2. The summed E-state index contributed by atoms with van der Waals surface area (Å²) in [6.07, 6.45) is 0. The monoisotopic (exact) mass is 548 g/mol. The van der Waals surface area contributed by atoms with Gasteiger partial charge in [0.05, 0.1) is 25.8 Å². The number of thiophene rings is 1. The van der Waals surface area contributed by atoms with Crippen molar-refractivity contribution in [2.24, 2.45) is 4.99 Å². The van der Waals surface area contributed by atoms with Gasteiger partial charge in [0.1, 0.15) is 17.1 Å². The van der Waals surface area contributed by atoms with Crippen LogP contribution in [0.2, 0.25) is 0 Å². The van der Waals surface area contributed by atoms with E-state index in [1.54, 1.807) is 24.3 Å². The summed E-state index contributed by atoms with van der Waals surface area (Å²) < 4.78 is 11.1. The second kappa shape index (κ2) is 12.0. The molecule has 3 heterocycles. The van der Waals surface area contributed by atoms with Crippen LogP contribution in [0.4, 0.5) is 0 Å². The zero-order chi connectivity index (χ0) is 20.7. The van der Waals surface area contributed by atoms with Crippen molar-refractivity contribution in [2.75, 3.05) is 45.9 Å². The number of aryl methyl sites for hydroxylation is 1. The average molecular weight is 548 g/mol. The van der Waals surface area contributed by atoms with Crippen molar-refractivity contribution in [1.82, 2.24) is 15.5 Å². The maximum Gasteiger partial charge on any atom is 0.191 e. The number of furan rings is 1. The molecule has 2 aromatic rings. The number of ether oxygens (including phenoxy) is 1. The fourth-order valence-corrected chi connectivity index (χ4v) is 4.21. The molecule has 168 valence electrons. The largest absolute Gasteiger partial charge is 0.463 e. The molecule has 30 heavy (non-hydrogen) atoms. The van der Waals surface area contributed by atoms with Crippen LogP contribution in [-0.4, -0.2) is 61.9 Å². The molecule has 2 atom stereocenters. The molecule has 1 aliphatic heterocycles. The van der Waals surface area contributed by atoms with Crippen molar-refractivity contribution in [3.8, 4) is 0 Å². The Morgan fingerprint density at radius 2 is 2.07 bits per heavy atom. The Morgan fingerprint density at radius 1 is 1.30 bits per heavy atom. The van der Waals surface area contributed by atoms with Crippen LogP contribution in [0.15, 0.2) is 39.1 Å². The predicted molar refractivity (Wildman–Crippen MR) is 132 cm³/mol. The molecule has 1 fully saturated rings. The van der Waals surface area contributed by atoms with Gasteiger partial charge < -0.3 is 24.9 Å². The first-order valence-corrected chi connectivity index (χ1v) is 11.0. The number of morpholine rings is 1. The lowest BCUT2D eigenvalue weighted by Gasteiger charge is -2.34. The van der Waals surface area contributed by atoms with E-state index in [4.69, 9.17) is 9.15 Å². The van der Waals surface area contributed by atoms with Crippen LogP contribution >= 0.6 is 35.3 Å². The molecule has 0 amide bonds. The molecule has 2 unspecified atom stereocenters. The van der Waals surface area contributed by atoms with E-state index in [0.717, 1.165) is 45.2 Å². The second-order valence-corrected chi connectivity index (χ2v) is 8.42. The van der Waals surface area contributed by atoms with Crippen LogP contribution in [0.1, 0.15) is 36.3 Å². The third kappa shape index (κ3) is 6.94. The summed E-state index contributed by atoms with van der Waals surface area (Å²) in [7, 11) is 0. The fraction of sp³-hybridized carbons (Fsp3) is 0.571. The maximum atomic E-state index is 10.8. The van der Waals surface area contributed by atoms with Crippen molar-refractivity contribution in [1.29, 1.82) is 0 Å². The van der Waals surface area contributed by atoms with E-state index in [1.807, 2.05) is 19.9 Å². The van der Waals surface area contributed by atoms with Gasteiger partial charge in [-0.05, 0) is 44.4 Å². The molecule has 0 aliphatic carbocycles. The van der Waals surface area contributed by atoms with Gasteiger partial charge in [-0.3, -0.25) is 4.90 Å². The number of rotatable bonds is 8. The lowest BCUT2D eigenvalue weighted by molar-refractivity contribution is 0.0176. The van der Waals surface area contributed by atoms with Crippen LogP contribution in [0.5, 0.6) is 0 Å². The summed E-state index contributed by atoms with van der Waals surface area (Å²) in [4.78, 5) is 8.39. The topological polar surface area (TPSA) is 82.3 Å². The zero-order valence-electron chi connectivity index (χ0n) is 17.9. The normalized spacial score (nSPS) is 18.3. The van der Waals surface area contributed by atoms with Crippen molar-refractivity contribution in [2.45, 2.75) is 32.4 Å². The molecular formula is C21H33IN4O3S. The van der Waals surface area contributed by atoms with Gasteiger partial charge in [0.2, 0.25) is 0 Å². The first-order valence-electron chi connectivity index (χ1n) is 10.2. The Kier molecular flexibility index (Phi) is 10.1. The molecule has 3 rings (SSSR count). The summed E-state index contributed by atoms with van der Waals surface area (Å²) >= 11 is 1.77. The first kappa shape index (κ1) is 25.1. The number of hydrogen-bond acceptors (Lipinski definition) is 6. The average Bonchev–Trinajstić information content (AvgIpc) is 3.39. The molecule has 9 heteroatoms. The highest BCUT2D eigenvalue weighted by atomic mass is 127. The summed E-state index contributed by atoms with van der Waals surface area (Å²) in [6, 6.07) is 8.19. The van der Waals surface area contributed by atoms with Gasteiger partial charge in [0, 0.05) is 31.1 Å². The predicted octanol–water partition coefficient (Wildman–Crippen LogP) is 3.10. The Morgan fingerprint density at radius 3 is 2.67 bits per heavy atom. The van der Waals surface area contributed by atoms with Crippen molar-refractivity contribution < 1.29 is 14.3 Å². The van der Waals surface area contributed by atoms with E-state index in [0.29, 0.717) is 11.7 Å². The standard InChI is InChI=1S/C21H32N4O3S.HI/c1-4-22-20(24-15-21(3,26)19-8-7-16(2)28-19)23-14-17(18-6-5-13-29-18)25-9-11-27-12-10-25;/h5-8,13,17,26H,4,9-12,14-15H2,1-3H3,(H2,22,23,24);1H. The highest BCUT2D eigenvalue weighted by molar-refractivity contribution is 14.0. The summed E-state index contributed by atoms with van der Waals surface area (Å²) in [6.45, 7) is 10.7. The molecule has 0 spiro atoms. The lowest BCUT2D eigenvalue weighted by atomic mass is 10.0. The molecule has 1 saturated heterocycles. The Bertz CT molecular complexity index is 773. The van der Waals surface area contributed by atoms with Crippen LogP contribution in [0, 0.1) is 6.92 Å². The first-order chi connectivity index (χ1) is 14.0. The van der Waals surface area contributed by atoms with E-state index in [9.17, 15) is 5.11 Å². The van der Waals surface area contributed by atoms with Gasteiger partial charge in [0.25, 0.3) is 0 Å². The van der Waals surface area contributed by atoms with Crippen LogP contribution < -0.4 is 10.6 Å². The number of aliphatic imine (C=N–C) groups is 1. The summed E-state index contributed by atoms with van der Waals surface area (Å²) in [5, 5.41) is 19.6.